The molecule has 1 heterocycles. The maximum Gasteiger partial charge on any atom is 0.221 e. The monoisotopic (exact) mass is 323 g/mol. The number of carbonyl (C=O) groups is 1. The summed E-state index contributed by atoms with van der Waals surface area (Å²) in [6.45, 7) is 3.55. The van der Waals surface area contributed by atoms with Gasteiger partial charge < -0.3 is 15.1 Å². The van der Waals surface area contributed by atoms with Crippen LogP contribution in [0.2, 0.25) is 5.02 Å². The first-order chi connectivity index (χ1) is 10.5. The van der Waals surface area contributed by atoms with E-state index in [1.807, 2.05) is 24.3 Å². The number of halogens is 1. The van der Waals surface area contributed by atoms with E-state index in [0.29, 0.717) is 24.0 Å². The van der Waals surface area contributed by atoms with Crippen molar-refractivity contribution in [2.75, 3.05) is 33.7 Å². The number of carbonyl (C=O) groups excluding carboxylic acids is 1. The van der Waals surface area contributed by atoms with E-state index < -0.39 is 0 Å². The van der Waals surface area contributed by atoms with E-state index in [0.717, 1.165) is 25.2 Å². The number of likely N-dealkylation sites (tertiary alicyclic amines) is 1. The Labute approximate surface area is 138 Å². The van der Waals surface area contributed by atoms with Gasteiger partial charge in [-0.05, 0) is 51.2 Å². The van der Waals surface area contributed by atoms with Crippen LogP contribution in [0.5, 0.6) is 0 Å². The molecule has 0 bridgehead atoms. The molecule has 0 unspecified atom stereocenters. The summed E-state index contributed by atoms with van der Waals surface area (Å²) in [5.41, 5.74) is 1.03. The van der Waals surface area contributed by atoms with Gasteiger partial charge in [0.15, 0.2) is 0 Å². The third-order valence-electron chi connectivity index (χ3n) is 4.24. The van der Waals surface area contributed by atoms with E-state index in [2.05, 4.69) is 29.2 Å². The maximum atomic E-state index is 12.0. The summed E-state index contributed by atoms with van der Waals surface area (Å²) >= 11 is 5.94. The summed E-state index contributed by atoms with van der Waals surface area (Å²) < 4.78 is 0. The van der Waals surface area contributed by atoms with E-state index in [9.17, 15) is 4.79 Å². The molecule has 1 amide bonds. The molecule has 1 aliphatic rings. The van der Waals surface area contributed by atoms with Gasteiger partial charge in [-0.25, -0.2) is 0 Å². The summed E-state index contributed by atoms with van der Waals surface area (Å²) in [4.78, 5) is 16.7. The van der Waals surface area contributed by atoms with E-state index in [4.69, 9.17) is 11.6 Å². The van der Waals surface area contributed by atoms with E-state index in [-0.39, 0.29) is 5.91 Å². The standard InChI is InChI=1S/C17H26ClN3O/c1-20(2)16-7-4-9-21(13-16)10-8-17(22)19-12-14-5-3-6-15(18)11-14/h3,5-6,11,16H,4,7-10,12-13H2,1-2H3,(H,19,22)/t16-/m0/s1. The zero-order valence-corrected chi connectivity index (χ0v) is 14.3. The molecule has 0 aromatic heterocycles. The van der Waals surface area contributed by atoms with Crippen LogP contribution in [-0.2, 0) is 11.3 Å². The molecule has 22 heavy (non-hydrogen) atoms. The van der Waals surface area contributed by atoms with Crippen molar-refractivity contribution in [2.24, 2.45) is 0 Å². The topological polar surface area (TPSA) is 35.6 Å². The molecule has 1 aromatic carbocycles. The number of nitrogens with one attached hydrogen (secondary N) is 1. The highest BCUT2D eigenvalue weighted by atomic mass is 35.5. The molecule has 0 radical (unpaired) electrons. The Hall–Kier alpha value is -1.10. The average Bonchev–Trinajstić information content (AvgIpc) is 2.51. The van der Waals surface area contributed by atoms with Gasteiger partial charge in [-0.15, -0.1) is 0 Å². The molecule has 0 spiro atoms. The van der Waals surface area contributed by atoms with E-state index in [1.165, 1.54) is 12.8 Å². The summed E-state index contributed by atoms with van der Waals surface area (Å²) in [6, 6.07) is 8.21. The van der Waals surface area contributed by atoms with Gasteiger partial charge in [0.05, 0.1) is 0 Å². The van der Waals surface area contributed by atoms with Crippen LogP contribution in [-0.4, -0.2) is 55.5 Å². The van der Waals surface area contributed by atoms with Crippen molar-refractivity contribution in [3.8, 4) is 0 Å². The van der Waals surface area contributed by atoms with Crippen molar-refractivity contribution < 1.29 is 4.79 Å². The molecule has 1 fully saturated rings. The average molecular weight is 324 g/mol. The SMILES string of the molecule is CN(C)[C@H]1CCCN(CCC(=O)NCc2cccc(Cl)c2)C1. The molecule has 1 atom stereocenters. The fraction of sp³-hybridized carbons (Fsp3) is 0.588. The fourth-order valence-electron chi connectivity index (χ4n) is 2.85. The van der Waals surface area contributed by atoms with Crippen molar-refractivity contribution in [3.63, 3.8) is 0 Å². The second-order valence-corrected chi connectivity index (χ2v) is 6.65. The molecule has 1 saturated heterocycles. The van der Waals surface area contributed by atoms with E-state index in [1.54, 1.807) is 0 Å². The molecule has 0 aliphatic carbocycles. The number of hydrogen-bond acceptors (Lipinski definition) is 3. The fourth-order valence-corrected chi connectivity index (χ4v) is 3.06. The van der Waals surface area contributed by atoms with Gasteiger partial charge in [0, 0.05) is 37.1 Å². The van der Waals surface area contributed by atoms with Crippen LogP contribution >= 0.6 is 11.6 Å². The number of likely N-dealkylation sites (N-methyl/N-ethyl adjacent to an activating group) is 1. The van der Waals surface area contributed by atoms with Crippen molar-refractivity contribution in [2.45, 2.75) is 31.8 Å². The van der Waals surface area contributed by atoms with Gasteiger partial charge in [-0.2, -0.15) is 0 Å². The van der Waals surface area contributed by atoms with Crippen molar-refractivity contribution >= 4 is 17.5 Å². The largest absolute Gasteiger partial charge is 0.352 e. The Balaban J connectivity index is 1.69. The van der Waals surface area contributed by atoms with Gasteiger partial charge >= 0.3 is 0 Å². The number of piperidine rings is 1. The molecular formula is C17H26ClN3O. The Morgan fingerprint density at radius 1 is 1.45 bits per heavy atom. The van der Waals surface area contributed by atoms with Gasteiger partial charge in [-0.1, -0.05) is 23.7 Å². The molecule has 122 valence electrons. The van der Waals surface area contributed by atoms with Crippen LogP contribution in [0.1, 0.15) is 24.8 Å². The molecule has 5 heteroatoms. The van der Waals surface area contributed by atoms with Crippen molar-refractivity contribution in [3.05, 3.63) is 34.9 Å². The highest BCUT2D eigenvalue weighted by Crippen LogP contribution is 2.14. The van der Waals surface area contributed by atoms with Crippen LogP contribution in [0.4, 0.5) is 0 Å². The van der Waals surface area contributed by atoms with Gasteiger partial charge in [0.1, 0.15) is 0 Å². The molecule has 1 aliphatic heterocycles. The van der Waals surface area contributed by atoms with Crippen LogP contribution in [0.3, 0.4) is 0 Å². The van der Waals surface area contributed by atoms with Gasteiger partial charge in [0.25, 0.3) is 0 Å². The minimum atomic E-state index is 0.104. The number of rotatable bonds is 6. The number of hydrogen-bond donors (Lipinski definition) is 1. The molecule has 2 rings (SSSR count). The third kappa shape index (κ3) is 5.59. The van der Waals surface area contributed by atoms with Crippen LogP contribution in [0.15, 0.2) is 24.3 Å². The lowest BCUT2D eigenvalue weighted by atomic mass is 10.0. The molecular weight excluding hydrogens is 298 g/mol. The quantitative estimate of drug-likeness (QED) is 0.873. The van der Waals surface area contributed by atoms with Crippen molar-refractivity contribution in [1.29, 1.82) is 0 Å². The van der Waals surface area contributed by atoms with Gasteiger partial charge in [-0.3, -0.25) is 4.79 Å². The Morgan fingerprint density at radius 2 is 2.27 bits per heavy atom. The highest BCUT2D eigenvalue weighted by Gasteiger charge is 2.21. The van der Waals surface area contributed by atoms with Crippen molar-refractivity contribution in [1.82, 2.24) is 15.1 Å². The second-order valence-electron chi connectivity index (χ2n) is 6.22. The summed E-state index contributed by atoms with van der Waals surface area (Å²) in [6.07, 6.45) is 3.03. The van der Waals surface area contributed by atoms with Gasteiger partial charge in [0.2, 0.25) is 5.91 Å². The zero-order chi connectivity index (χ0) is 15.9. The predicted octanol–water partition coefficient (Wildman–Crippen LogP) is 2.37. The smallest absolute Gasteiger partial charge is 0.221 e. The lowest BCUT2D eigenvalue weighted by Gasteiger charge is -2.36. The molecule has 0 saturated carbocycles. The molecule has 4 nitrogen and oxygen atoms in total. The predicted molar refractivity (Wildman–Crippen MR) is 91.1 cm³/mol. The Kier molecular flexibility index (Phi) is 6.68. The summed E-state index contributed by atoms with van der Waals surface area (Å²) in [7, 11) is 4.26. The zero-order valence-electron chi connectivity index (χ0n) is 13.5. The first-order valence-electron chi connectivity index (χ1n) is 7.94. The lowest BCUT2D eigenvalue weighted by Crippen LogP contribution is -2.46. The van der Waals surface area contributed by atoms with E-state index >= 15 is 0 Å². The van der Waals surface area contributed by atoms with Crippen LogP contribution < -0.4 is 5.32 Å². The minimum Gasteiger partial charge on any atom is -0.352 e. The molecule has 1 N–H and O–H groups in total. The summed E-state index contributed by atoms with van der Waals surface area (Å²) in [5.74, 6) is 0.104. The first-order valence-corrected chi connectivity index (χ1v) is 8.32. The maximum absolute atomic E-state index is 12.0. The van der Waals surface area contributed by atoms with Crippen LogP contribution in [0, 0.1) is 0 Å². The third-order valence-corrected chi connectivity index (χ3v) is 4.48. The first kappa shape index (κ1) is 17.3. The lowest BCUT2D eigenvalue weighted by molar-refractivity contribution is -0.121. The Bertz CT molecular complexity index is 493. The second kappa shape index (κ2) is 8.51. The minimum absolute atomic E-state index is 0.104. The highest BCUT2D eigenvalue weighted by molar-refractivity contribution is 6.30. The number of benzene rings is 1. The molecule has 1 aromatic rings. The number of nitrogens with zero attached hydrogens (tertiary/aromatic N) is 2. The Morgan fingerprint density at radius 3 is 3.00 bits per heavy atom. The summed E-state index contributed by atoms with van der Waals surface area (Å²) in [5, 5.41) is 3.67. The van der Waals surface area contributed by atoms with Crippen LogP contribution in [0.25, 0.3) is 0 Å². The number of amides is 1. The normalized spacial score (nSPS) is 19.4.